The summed E-state index contributed by atoms with van der Waals surface area (Å²) in [7, 11) is 0. The lowest BCUT2D eigenvalue weighted by atomic mass is 10.4. The van der Waals surface area contributed by atoms with Crippen LogP contribution in [0.1, 0.15) is 5.82 Å². The molecular weight excluding hydrogens is 180 g/mol. The molecule has 0 saturated carbocycles. The first-order valence-corrected chi connectivity index (χ1v) is 3.39. The monoisotopic (exact) mass is 184 g/mol. The molecule has 0 amide bonds. The van der Waals surface area contributed by atoms with Gasteiger partial charge in [-0.15, -0.1) is 0 Å². The van der Waals surface area contributed by atoms with Crippen LogP contribution < -0.4 is 0 Å². The fourth-order valence-corrected chi connectivity index (χ4v) is 0.689. The molecule has 1 aromatic heterocycles. The molecule has 0 unspecified atom stereocenters. The molecule has 3 heteroatoms. The van der Waals surface area contributed by atoms with E-state index in [1.807, 2.05) is 0 Å². The maximum Gasteiger partial charge on any atom is 0.133 e. The molecule has 0 bridgehead atoms. The third-order valence-corrected chi connectivity index (χ3v) is 1.06. The smallest absolute Gasteiger partial charge is 0.133 e. The summed E-state index contributed by atoms with van der Waals surface area (Å²) in [5.74, 6) is 0.717. The molecule has 1 heterocycles. The molecule has 9 heavy (non-hydrogen) atoms. The standard InChI is InChI=1S/C6H5BrN2/c7-3-2-6-8-4-1-5-9-6/h1-5H. The molecule has 0 aliphatic carbocycles. The van der Waals surface area contributed by atoms with Crippen LogP contribution in [0.5, 0.6) is 0 Å². The second kappa shape index (κ2) is 3.56. The molecule has 1 rings (SSSR count). The Morgan fingerprint density at radius 2 is 2.00 bits per heavy atom. The Hall–Kier alpha value is -0.440. The Balaban J connectivity index is 2.61. The van der Waals surface area contributed by atoms with Gasteiger partial charge in [-0.3, -0.25) is 0 Å². The van der Waals surface area contributed by atoms with Crippen LogP contribution in [0.15, 0.2) is 18.5 Å². The largest absolute Gasteiger partial charge is 0.241 e. The molecule has 0 aliphatic rings. The van der Waals surface area contributed by atoms with Gasteiger partial charge >= 0.3 is 0 Å². The summed E-state index contributed by atoms with van der Waals surface area (Å²) in [6, 6.07) is 1.78. The average molecular weight is 185 g/mol. The van der Waals surface area contributed by atoms with Gasteiger partial charge in [0.1, 0.15) is 5.82 Å². The first-order valence-electron chi connectivity index (χ1n) is 2.47. The summed E-state index contributed by atoms with van der Waals surface area (Å²) in [6.07, 6.45) is 5.19. The van der Waals surface area contributed by atoms with Gasteiger partial charge in [-0.2, -0.15) is 0 Å². The molecular formula is C6H5BrN2. The highest BCUT2D eigenvalue weighted by Gasteiger charge is 1.90. The Kier molecular flexibility index (Phi) is 2.64. The van der Waals surface area contributed by atoms with Gasteiger partial charge in [0.15, 0.2) is 0 Å². The number of hydrogen-bond donors (Lipinski definition) is 0. The maximum absolute atomic E-state index is 3.94. The van der Waals surface area contributed by atoms with E-state index in [4.69, 9.17) is 0 Å². The fourth-order valence-electron chi connectivity index (χ4n) is 0.453. The zero-order chi connectivity index (χ0) is 6.53. The van der Waals surface area contributed by atoms with Crippen molar-refractivity contribution in [1.82, 2.24) is 9.97 Å². The number of halogens is 1. The van der Waals surface area contributed by atoms with E-state index in [-0.39, 0.29) is 0 Å². The van der Waals surface area contributed by atoms with E-state index < -0.39 is 0 Å². The highest BCUT2D eigenvalue weighted by atomic mass is 79.9. The second-order valence-corrected chi connectivity index (χ2v) is 1.93. The van der Waals surface area contributed by atoms with Gasteiger partial charge in [0.2, 0.25) is 0 Å². The van der Waals surface area contributed by atoms with Gasteiger partial charge in [-0.1, -0.05) is 15.9 Å². The highest BCUT2D eigenvalue weighted by molar-refractivity contribution is 9.10. The lowest BCUT2D eigenvalue weighted by Gasteiger charge is -1.89. The van der Waals surface area contributed by atoms with Crippen LogP contribution in [-0.2, 0) is 0 Å². The van der Waals surface area contributed by atoms with Crippen LogP contribution in [0.25, 0.3) is 0 Å². The molecule has 46 valence electrons. The van der Waals surface area contributed by atoms with Crippen LogP contribution in [0.3, 0.4) is 0 Å². The van der Waals surface area contributed by atoms with Crippen molar-refractivity contribution in [3.63, 3.8) is 0 Å². The highest BCUT2D eigenvalue weighted by Crippen LogP contribution is 1.99. The lowest BCUT2D eigenvalue weighted by molar-refractivity contribution is 1.08. The minimum Gasteiger partial charge on any atom is -0.241 e. The van der Waals surface area contributed by atoms with Crippen LogP contribution in [0, 0.1) is 11.8 Å². The molecule has 0 saturated heterocycles. The molecule has 1 aromatic rings. The van der Waals surface area contributed by atoms with Gasteiger partial charge in [0, 0.05) is 24.1 Å². The molecule has 2 radical (unpaired) electrons. The van der Waals surface area contributed by atoms with E-state index in [2.05, 4.69) is 25.9 Å². The van der Waals surface area contributed by atoms with Crippen LogP contribution >= 0.6 is 15.9 Å². The number of aromatic nitrogens is 2. The zero-order valence-corrected chi connectivity index (χ0v) is 6.25. The topological polar surface area (TPSA) is 25.8 Å². The first-order chi connectivity index (χ1) is 4.43. The third-order valence-electron chi connectivity index (χ3n) is 0.798. The average Bonchev–Trinajstić information content (AvgIpc) is 1.91. The van der Waals surface area contributed by atoms with Crippen molar-refractivity contribution >= 4 is 15.9 Å². The molecule has 0 atom stereocenters. The Morgan fingerprint density at radius 1 is 1.33 bits per heavy atom. The number of rotatable bonds is 2. The minimum atomic E-state index is 0.717. The van der Waals surface area contributed by atoms with Gasteiger partial charge < -0.3 is 0 Å². The van der Waals surface area contributed by atoms with Crippen LogP contribution in [0.4, 0.5) is 0 Å². The van der Waals surface area contributed by atoms with Gasteiger partial charge in [-0.25, -0.2) is 9.97 Å². The van der Waals surface area contributed by atoms with Crippen molar-refractivity contribution in [3.05, 3.63) is 36.0 Å². The summed E-state index contributed by atoms with van der Waals surface area (Å²) < 4.78 is 0. The molecule has 2 nitrogen and oxygen atoms in total. The van der Waals surface area contributed by atoms with Crippen molar-refractivity contribution < 1.29 is 0 Å². The molecule has 0 aromatic carbocycles. The van der Waals surface area contributed by atoms with Crippen molar-refractivity contribution in [2.45, 2.75) is 0 Å². The van der Waals surface area contributed by atoms with Crippen molar-refractivity contribution in [1.29, 1.82) is 0 Å². The molecule has 0 aliphatic heterocycles. The van der Waals surface area contributed by atoms with Crippen molar-refractivity contribution in [2.24, 2.45) is 0 Å². The lowest BCUT2D eigenvalue weighted by Crippen LogP contribution is -1.87. The summed E-state index contributed by atoms with van der Waals surface area (Å²) in [5, 5.41) is 1.72. The van der Waals surface area contributed by atoms with E-state index in [1.165, 1.54) is 0 Å². The molecule has 0 N–H and O–H groups in total. The number of nitrogens with zero attached hydrogens (tertiary/aromatic N) is 2. The Bertz CT molecular complexity index is 164. The van der Waals surface area contributed by atoms with E-state index in [1.54, 1.807) is 30.2 Å². The summed E-state index contributed by atoms with van der Waals surface area (Å²) >= 11 is 3.13. The predicted molar refractivity (Wildman–Crippen MR) is 38.7 cm³/mol. The summed E-state index contributed by atoms with van der Waals surface area (Å²) in [4.78, 5) is 7.88. The Labute approximate surface area is 62.5 Å². The predicted octanol–water partition coefficient (Wildman–Crippen LogP) is 1.59. The van der Waals surface area contributed by atoms with Gasteiger partial charge in [0.25, 0.3) is 0 Å². The van der Waals surface area contributed by atoms with Crippen molar-refractivity contribution in [2.75, 3.05) is 0 Å². The summed E-state index contributed by atoms with van der Waals surface area (Å²) in [6.45, 7) is 0. The second-order valence-electron chi connectivity index (χ2n) is 1.40. The van der Waals surface area contributed by atoms with Gasteiger partial charge in [-0.05, 0) is 6.07 Å². The van der Waals surface area contributed by atoms with Crippen LogP contribution in [-0.4, -0.2) is 9.97 Å². The Morgan fingerprint density at radius 3 is 2.56 bits per heavy atom. The van der Waals surface area contributed by atoms with Crippen molar-refractivity contribution in [3.8, 4) is 0 Å². The van der Waals surface area contributed by atoms with Gasteiger partial charge in [0.05, 0.1) is 0 Å². The maximum atomic E-state index is 3.94. The number of hydrogen-bond acceptors (Lipinski definition) is 2. The third kappa shape index (κ3) is 2.10. The van der Waals surface area contributed by atoms with Crippen LogP contribution in [0.2, 0.25) is 0 Å². The molecule has 0 spiro atoms. The first kappa shape index (κ1) is 6.68. The quantitative estimate of drug-likeness (QED) is 0.698. The summed E-state index contributed by atoms with van der Waals surface area (Å²) in [5.41, 5.74) is 0. The van der Waals surface area contributed by atoms with E-state index in [0.717, 1.165) is 5.82 Å². The SMILES string of the molecule is Br[CH][CH]c1ncccn1. The van der Waals surface area contributed by atoms with E-state index in [9.17, 15) is 0 Å². The normalized spacial score (nSPS) is 9.44. The molecule has 0 fully saturated rings. The fraction of sp³-hybridized carbons (Fsp3) is 0. The van der Waals surface area contributed by atoms with E-state index in [0.29, 0.717) is 0 Å². The van der Waals surface area contributed by atoms with E-state index >= 15 is 0 Å². The zero-order valence-electron chi connectivity index (χ0n) is 4.66. The minimum absolute atomic E-state index is 0.717.